The second-order valence-electron chi connectivity index (χ2n) is 7.00. The monoisotopic (exact) mass is 359 g/mol. The lowest BCUT2D eigenvalue weighted by Gasteiger charge is -2.39. The number of pyridine rings is 1. The third-order valence-corrected chi connectivity index (χ3v) is 5.65. The third-order valence-electron chi connectivity index (χ3n) is 5.30. The molecular weight excluding hydrogens is 330 g/mol. The van der Waals surface area contributed by atoms with E-state index in [0.29, 0.717) is 0 Å². The van der Waals surface area contributed by atoms with E-state index < -0.39 is 0 Å². The van der Waals surface area contributed by atoms with E-state index in [2.05, 4.69) is 25.3 Å². The van der Waals surface area contributed by atoms with Gasteiger partial charge in [-0.05, 0) is 44.1 Å². The molecule has 6 heteroatoms. The first-order valence-corrected chi connectivity index (χ1v) is 9.89. The highest BCUT2D eigenvalue weighted by atomic mass is 32.1. The zero-order valence-electron chi connectivity index (χ0n) is 15.2. The summed E-state index contributed by atoms with van der Waals surface area (Å²) >= 11 is 5.53. The molecule has 0 amide bonds. The van der Waals surface area contributed by atoms with Gasteiger partial charge in [0.15, 0.2) is 5.11 Å². The van der Waals surface area contributed by atoms with Gasteiger partial charge in [0.25, 0.3) is 0 Å². The molecule has 2 aliphatic rings. The van der Waals surface area contributed by atoms with Crippen LogP contribution in [0.1, 0.15) is 51.1 Å². The van der Waals surface area contributed by atoms with Gasteiger partial charge in [0.2, 0.25) is 0 Å². The summed E-state index contributed by atoms with van der Waals surface area (Å²) in [6.45, 7) is 6.13. The first kappa shape index (κ1) is 18.3. The van der Waals surface area contributed by atoms with Crippen LogP contribution in [0.5, 0.6) is 0 Å². The first-order valence-electron chi connectivity index (χ1n) is 9.49. The van der Waals surface area contributed by atoms with Crippen molar-refractivity contribution in [2.75, 3.05) is 26.2 Å². The van der Waals surface area contributed by atoms with Gasteiger partial charge in [-0.1, -0.05) is 31.7 Å². The van der Waals surface area contributed by atoms with Crippen molar-refractivity contribution in [3.05, 3.63) is 30.1 Å². The Morgan fingerprint density at radius 1 is 1.12 bits per heavy atom. The predicted molar refractivity (Wildman–Crippen MR) is 107 cm³/mol. The van der Waals surface area contributed by atoms with Crippen molar-refractivity contribution in [2.45, 2.75) is 51.5 Å². The zero-order chi connectivity index (χ0) is 17.5. The molecule has 2 fully saturated rings. The van der Waals surface area contributed by atoms with Crippen LogP contribution in [0.3, 0.4) is 0 Å². The van der Waals surface area contributed by atoms with Crippen molar-refractivity contribution in [2.24, 2.45) is 5.10 Å². The van der Waals surface area contributed by atoms with Crippen molar-refractivity contribution in [3.8, 4) is 0 Å². The van der Waals surface area contributed by atoms with Crippen LogP contribution >= 0.6 is 12.2 Å². The van der Waals surface area contributed by atoms with Gasteiger partial charge in [-0.25, -0.2) is 0 Å². The number of hydrogen-bond acceptors (Lipinski definition) is 4. The Morgan fingerprint density at radius 3 is 2.48 bits per heavy atom. The molecule has 5 nitrogen and oxygen atoms in total. The quantitative estimate of drug-likeness (QED) is 0.389. The number of nitrogens with zero attached hydrogens (tertiary/aromatic N) is 4. The summed E-state index contributed by atoms with van der Waals surface area (Å²) in [7, 11) is 0. The Bertz CT molecular complexity index is 573. The van der Waals surface area contributed by atoms with Crippen molar-refractivity contribution < 1.29 is 0 Å². The molecule has 0 radical (unpaired) electrons. The smallest absolute Gasteiger partial charge is 0.189 e. The van der Waals surface area contributed by atoms with Crippen LogP contribution in [0.15, 0.2) is 29.5 Å². The number of nitrogens with one attached hydrogen (secondary N) is 1. The molecule has 0 unspecified atom stereocenters. The molecule has 1 N–H and O–H groups in total. The van der Waals surface area contributed by atoms with Crippen LogP contribution in [0.4, 0.5) is 0 Å². The molecule has 0 spiro atoms. The van der Waals surface area contributed by atoms with Gasteiger partial charge in [-0.15, -0.1) is 0 Å². The largest absolute Gasteiger partial charge is 0.345 e. The van der Waals surface area contributed by atoms with E-state index in [0.717, 1.165) is 48.7 Å². The van der Waals surface area contributed by atoms with Crippen LogP contribution in [0.2, 0.25) is 0 Å². The fraction of sp³-hybridized carbons (Fsp3) is 0.632. The highest BCUT2D eigenvalue weighted by Crippen LogP contribution is 2.22. The van der Waals surface area contributed by atoms with E-state index in [-0.39, 0.29) is 0 Å². The van der Waals surface area contributed by atoms with Crippen molar-refractivity contribution in [3.63, 3.8) is 0 Å². The number of aromatic nitrogens is 1. The van der Waals surface area contributed by atoms with Gasteiger partial charge in [0, 0.05) is 38.4 Å². The van der Waals surface area contributed by atoms with E-state index in [1.807, 2.05) is 25.1 Å². The summed E-state index contributed by atoms with van der Waals surface area (Å²) in [5, 5.41) is 5.12. The lowest BCUT2D eigenvalue weighted by atomic mass is 10.1. The molecule has 1 saturated heterocycles. The molecule has 2 heterocycles. The topological polar surface area (TPSA) is 43.8 Å². The van der Waals surface area contributed by atoms with E-state index in [9.17, 15) is 0 Å². The fourth-order valence-corrected chi connectivity index (χ4v) is 3.98. The summed E-state index contributed by atoms with van der Waals surface area (Å²) in [5.74, 6) is 0. The average Bonchev–Trinajstić information content (AvgIpc) is 2.96. The molecule has 0 aromatic carbocycles. The predicted octanol–water partition coefficient (Wildman–Crippen LogP) is 3.02. The minimum Gasteiger partial charge on any atom is -0.345 e. The molecule has 1 aliphatic heterocycles. The molecule has 0 atom stereocenters. The van der Waals surface area contributed by atoms with Gasteiger partial charge in [-0.3, -0.25) is 15.3 Å². The number of thiocarbonyl (C=S) groups is 1. The van der Waals surface area contributed by atoms with Gasteiger partial charge < -0.3 is 4.90 Å². The average molecular weight is 360 g/mol. The summed E-state index contributed by atoms with van der Waals surface area (Å²) in [6.07, 6.45) is 10.1. The highest BCUT2D eigenvalue weighted by molar-refractivity contribution is 7.80. The van der Waals surface area contributed by atoms with Crippen LogP contribution in [0, 0.1) is 0 Å². The Morgan fingerprint density at radius 2 is 1.84 bits per heavy atom. The Hall–Kier alpha value is -1.53. The second kappa shape index (κ2) is 9.25. The van der Waals surface area contributed by atoms with E-state index in [1.165, 1.54) is 38.5 Å². The highest BCUT2D eigenvalue weighted by Gasteiger charge is 2.25. The molecule has 25 heavy (non-hydrogen) atoms. The van der Waals surface area contributed by atoms with Gasteiger partial charge >= 0.3 is 0 Å². The Kier molecular flexibility index (Phi) is 6.76. The number of piperazine rings is 1. The van der Waals surface area contributed by atoms with E-state index in [1.54, 1.807) is 6.20 Å². The lowest BCUT2D eigenvalue weighted by molar-refractivity contribution is 0.121. The standard InChI is InChI=1S/C19H29N5S/c1-16(18-10-6-7-11-20-18)21-22-19(25)24-14-12-23(13-15-24)17-8-4-2-3-5-9-17/h6-7,10-11,17H,2-5,8-9,12-15H2,1H3,(H,22,25)/b21-16+. The summed E-state index contributed by atoms with van der Waals surface area (Å²) in [5.41, 5.74) is 4.76. The fourth-order valence-electron chi connectivity index (χ4n) is 3.75. The molecule has 3 rings (SSSR count). The lowest BCUT2D eigenvalue weighted by Crippen LogP contribution is -2.53. The maximum absolute atomic E-state index is 5.53. The summed E-state index contributed by atoms with van der Waals surface area (Å²) < 4.78 is 0. The van der Waals surface area contributed by atoms with Crippen LogP contribution in [0.25, 0.3) is 0 Å². The molecular formula is C19H29N5S. The molecule has 1 aromatic heterocycles. The maximum atomic E-state index is 5.53. The maximum Gasteiger partial charge on any atom is 0.189 e. The summed E-state index contributed by atoms with van der Waals surface area (Å²) in [4.78, 5) is 9.21. The van der Waals surface area contributed by atoms with Crippen molar-refractivity contribution in [1.82, 2.24) is 20.2 Å². The van der Waals surface area contributed by atoms with Gasteiger partial charge in [0.05, 0.1) is 11.4 Å². The number of hydrazone groups is 1. The van der Waals surface area contributed by atoms with Crippen molar-refractivity contribution >= 4 is 23.0 Å². The normalized spacial score (nSPS) is 21.0. The number of hydrogen-bond donors (Lipinski definition) is 1. The Labute approximate surface area is 156 Å². The minimum atomic E-state index is 0.718. The van der Waals surface area contributed by atoms with Crippen LogP contribution in [-0.2, 0) is 0 Å². The second-order valence-corrected chi connectivity index (χ2v) is 7.38. The van der Waals surface area contributed by atoms with Gasteiger partial charge in [-0.2, -0.15) is 5.10 Å². The molecule has 1 aromatic rings. The van der Waals surface area contributed by atoms with Crippen LogP contribution < -0.4 is 5.43 Å². The SMILES string of the molecule is C/C(=N\NC(=S)N1CCN(C2CCCCCC2)CC1)c1ccccn1. The van der Waals surface area contributed by atoms with Crippen LogP contribution in [-0.4, -0.2) is 57.8 Å². The summed E-state index contributed by atoms with van der Waals surface area (Å²) in [6, 6.07) is 6.61. The molecule has 0 bridgehead atoms. The number of rotatable bonds is 3. The molecule has 136 valence electrons. The first-order chi connectivity index (χ1) is 12.2. The molecule has 1 aliphatic carbocycles. The van der Waals surface area contributed by atoms with E-state index in [4.69, 9.17) is 12.2 Å². The van der Waals surface area contributed by atoms with E-state index >= 15 is 0 Å². The Balaban J connectivity index is 1.46. The molecule has 1 saturated carbocycles. The minimum absolute atomic E-state index is 0.718. The van der Waals surface area contributed by atoms with Gasteiger partial charge in [0.1, 0.15) is 0 Å². The van der Waals surface area contributed by atoms with Crippen molar-refractivity contribution in [1.29, 1.82) is 0 Å². The third kappa shape index (κ3) is 5.22. The zero-order valence-corrected chi connectivity index (χ0v) is 16.0.